The molecule has 0 saturated carbocycles. The van der Waals surface area contributed by atoms with Crippen LogP contribution >= 0.6 is 15.9 Å². The minimum Gasteiger partial charge on any atom is -0.369 e. The monoisotopic (exact) mass is 321 g/mol. The summed E-state index contributed by atoms with van der Waals surface area (Å²) in [6, 6.07) is 4.11. The van der Waals surface area contributed by atoms with Gasteiger partial charge < -0.3 is 10.6 Å². The number of hydrogen-bond donors (Lipinski definition) is 2. The molecule has 19 heavy (non-hydrogen) atoms. The second-order valence-electron chi connectivity index (χ2n) is 4.06. The molecule has 0 spiro atoms. The summed E-state index contributed by atoms with van der Waals surface area (Å²) in [7, 11) is 0. The molecule has 0 aliphatic heterocycles. The fraction of sp³-hybridized carbons (Fsp3) is 0.308. The Morgan fingerprint density at radius 3 is 2.58 bits per heavy atom. The van der Waals surface area contributed by atoms with Gasteiger partial charge in [-0.25, -0.2) is 9.97 Å². The van der Waals surface area contributed by atoms with Crippen molar-refractivity contribution in [2.45, 2.75) is 19.9 Å². The van der Waals surface area contributed by atoms with Crippen LogP contribution in [-0.4, -0.2) is 21.5 Å². The summed E-state index contributed by atoms with van der Waals surface area (Å²) in [5.41, 5.74) is 1.16. The van der Waals surface area contributed by atoms with Crippen LogP contribution in [0.25, 0.3) is 0 Å². The quantitative estimate of drug-likeness (QED) is 0.885. The number of aromatic nitrogens is 3. The molecule has 0 aliphatic rings. The second-order valence-corrected chi connectivity index (χ2v) is 4.85. The topological polar surface area (TPSA) is 62.7 Å². The van der Waals surface area contributed by atoms with Crippen LogP contribution in [0.3, 0.4) is 0 Å². The lowest BCUT2D eigenvalue weighted by Gasteiger charge is -2.16. The van der Waals surface area contributed by atoms with E-state index in [4.69, 9.17) is 0 Å². The van der Waals surface area contributed by atoms with Gasteiger partial charge in [0.15, 0.2) is 0 Å². The fourth-order valence-electron chi connectivity index (χ4n) is 1.70. The smallest absolute Gasteiger partial charge is 0.146 e. The summed E-state index contributed by atoms with van der Waals surface area (Å²) >= 11 is 3.52. The van der Waals surface area contributed by atoms with Gasteiger partial charge in [-0.05, 0) is 47.5 Å². The van der Waals surface area contributed by atoms with Crippen LogP contribution in [0, 0.1) is 0 Å². The average Bonchev–Trinajstić information content (AvgIpc) is 2.44. The Hall–Kier alpha value is -1.69. The predicted octanol–water partition coefficient (Wildman–Crippen LogP) is 3.24. The van der Waals surface area contributed by atoms with Crippen molar-refractivity contribution in [1.29, 1.82) is 0 Å². The molecule has 6 heteroatoms. The van der Waals surface area contributed by atoms with E-state index in [2.05, 4.69) is 48.4 Å². The van der Waals surface area contributed by atoms with Crippen LogP contribution in [0.5, 0.6) is 0 Å². The molecule has 0 fully saturated rings. The van der Waals surface area contributed by atoms with Crippen molar-refractivity contribution in [3.63, 3.8) is 0 Å². The summed E-state index contributed by atoms with van der Waals surface area (Å²) in [5, 5.41) is 6.54. The Labute approximate surface area is 121 Å². The highest BCUT2D eigenvalue weighted by molar-refractivity contribution is 9.10. The van der Waals surface area contributed by atoms with Gasteiger partial charge in [0.05, 0.1) is 6.04 Å². The molecule has 2 N–H and O–H groups in total. The van der Waals surface area contributed by atoms with Gasteiger partial charge in [0.1, 0.15) is 22.4 Å². The van der Waals surface area contributed by atoms with Crippen LogP contribution in [0.4, 0.5) is 11.6 Å². The molecular weight excluding hydrogens is 306 g/mol. The zero-order valence-corrected chi connectivity index (χ0v) is 12.5. The van der Waals surface area contributed by atoms with E-state index in [1.54, 1.807) is 18.7 Å². The van der Waals surface area contributed by atoms with Crippen LogP contribution in [0.2, 0.25) is 0 Å². The lowest BCUT2D eigenvalue weighted by molar-refractivity contribution is 0.866. The van der Waals surface area contributed by atoms with Crippen molar-refractivity contribution in [3.8, 4) is 0 Å². The molecule has 0 aromatic carbocycles. The van der Waals surface area contributed by atoms with Gasteiger partial charge in [0.2, 0.25) is 0 Å². The lowest BCUT2D eigenvalue weighted by Crippen LogP contribution is -2.10. The minimum atomic E-state index is 0.142. The van der Waals surface area contributed by atoms with E-state index in [0.717, 1.165) is 28.2 Å². The third-order valence-electron chi connectivity index (χ3n) is 2.69. The van der Waals surface area contributed by atoms with Crippen molar-refractivity contribution in [2.75, 3.05) is 17.2 Å². The first kappa shape index (κ1) is 13.7. The van der Waals surface area contributed by atoms with Crippen LogP contribution in [0.1, 0.15) is 25.5 Å². The number of nitrogens with one attached hydrogen (secondary N) is 2. The lowest BCUT2D eigenvalue weighted by atomic mass is 10.1. The van der Waals surface area contributed by atoms with Gasteiger partial charge in [-0.2, -0.15) is 0 Å². The van der Waals surface area contributed by atoms with Crippen molar-refractivity contribution in [3.05, 3.63) is 40.9 Å². The third-order valence-corrected chi connectivity index (χ3v) is 3.44. The van der Waals surface area contributed by atoms with E-state index in [1.807, 2.05) is 19.1 Å². The molecule has 2 rings (SSSR count). The van der Waals surface area contributed by atoms with E-state index >= 15 is 0 Å². The van der Waals surface area contributed by atoms with E-state index in [-0.39, 0.29) is 6.04 Å². The van der Waals surface area contributed by atoms with Gasteiger partial charge >= 0.3 is 0 Å². The van der Waals surface area contributed by atoms with E-state index in [9.17, 15) is 0 Å². The molecule has 0 aliphatic carbocycles. The summed E-state index contributed by atoms with van der Waals surface area (Å²) in [4.78, 5) is 12.5. The minimum absolute atomic E-state index is 0.142. The maximum atomic E-state index is 4.26. The summed E-state index contributed by atoms with van der Waals surface area (Å²) in [5.74, 6) is 1.57. The Balaban J connectivity index is 2.17. The Bertz CT molecular complexity index is 532. The second kappa shape index (κ2) is 6.47. The number of anilines is 2. The van der Waals surface area contributed by atoms with Crippen molar-refractivity contribution in [2.24, 2.45) is 0 Å². The number of halogens is 1. The SMILES string of the molecule is CCNc1ncnc(NC(C)c2ccncc2)c1Br. The van der Waals surface area contributed by atoms with E-state index in [0.29, 0.717) is 0 Å². The molecular formula is C13H16BrN5. The van der Waals surface area contributed by atoms with Crippen LogP contribution in [0.15, 0.2) is 35.3 Å². The summed E-state index contributed by atoms with van der Waals surface area (Å²) in [6.07, 6.45) is 5.11. The number of hydrogen-bond acceptors (Lipinski definition) is 5. The zero-order valence-electron chi connectivity index (χ0n) is 10.9. The molecule has 0 radical (unpaired) electrons. The van der Waals surface area contributed by atoms with Gasteiger partial charge in [-0.1, -0.05) is 0 Å². The van der Waals surface area contributed by atoms with Gasteiger partial charge in [-0.3, -0.25) is 4.98 Å². The third kappa shape index (κ3) is 3.41. The highest BCUT2D eigenvalue weighted by Gasteiger charge is 2.11. The average molecular weight is 322 g/mol. The predicted molar refractivity (Wildman–Crippen MR) is 80.2 cm³/mol. The molecule has 0 bridgehead atoms. The maximum Gasteiger partial charge on any atom is 0.146 e. The van der Waals surface area contributed by atoms with Gasteiger partial charge in [-0.15, -0.1) is 0 Å². The number of pyridine rings is 1. The van der Waals surface area contributed by atoms with Crippen molar-refractivity contribution >= 4 is 27.6 Å². The maximum absolute atomic E-state index is 4.26. The molecule has 2 aromatic heterocycles. The van der Waals surface area contributed by atoms with E-state index < -0.39 is 0 Å². The van der Waals surface area contributed by atoms with E-state index in [1.165, 1.54) is 0 Å². The zero-order chi connectivity index (χ0) is 13.7. The Kier molecular flexibility index (Phi) is 4.68. The molecule has 100 valence electrons. The first-order chi connectivity index (χ1) is 9.22. The standard InChI is InChI=1S/C13H16BrN5/c1-3-16-12-11(14)13(18-8-17-12)19-9(2)10-4-6-15-7-5-10/h4-9H,3H2,1-2H3,(H2,16,17,18,19). The van der Waals surface area contributed by atoms with Gasteiger partial charge in [0, 0.05) is 18.9 Å². The van der Waals surface area contributed by atoms with Crippen molar-refractivity contribution in [1.82, 2.24) is 15.0 Å². The van der Waals surface area contributed by atoms with Crippen LogP contribution < -0.4 is 10.6 Å². The largest absolute Gasteiger partial charge is 0.369 e. The Morgan fingerprint density at radius 2 is 1.89 bits per heavy atom. The summed E-state index contributed by atoms with van der Waals surface area (Å²) in [6.45, 7) is 4.92. The Morgan fingerprint density at radius 1 is 1.21 bits per heavy atom. The van der Waals surface area contributed by atoms with Crippen molar-refractivity contribution < 1.29 is 0 Å². The molecule has 1 atom stereocenters. The van der Waals surface area contributed by atoms with Gasteiger partial charge in [0.25, 0.3) is 0 Å². The molecule has 0 saturated heterocycles. The molecule has 0 amide bonds. The highest BCUT2D eigenvalue weighted by atomic mass is 79.9. The molecule has 2 aromatic rings. The fourth-order valence-corrected chi connectivity index (χ4v) is 2.16. The number of nitrogens with zero attached hydrogens (tertiary/aromatic N) is 3. The first-order valence-electron chi connectivity index (χ1n) is 6.13. The number of rotatable bonds is 5. The first-order valence-corrected chi connectivity index (χ1v) is 6.92. The molecule has 1 unspecified atom stereocenters. The molecule has 5 nitrogen and oxygen atoms in total. The normalized spacial score (nSPS) is 11.9. The summed E-state index contributed by atoms with van der Waals surface area (Å²) < 4.78 is 0.845. The highest BCUT2D eigenvalue weighted by Crippen LogP contribution is 2.29. The molecule has 2 heterocycles. The van der Waals surface area contributed by atoms with Crippen LogP contribution in [-0.2, 0) is 0 Å².